The molecule has 0 bridgehead atoms. The summed E-state index contributed by atoms with van der Waals surface area (Å²) in [5, 5.41) is 3.07. The Kier molecular flexibility index (Phi) is 3.89. The van der Waals surface area contributed by atoms with Crippen LogP contribution in [0.2, 0.25) is 0 Å². The third-order valence-electron chi connectivity index (χ3n) is 2.31. The fourth-order valence-electron chi connectivity index (χ4n) is 1.48. The van der Waals surface area contributed by atoms with Crippen molar-refractivity contribution in [3.8, 4) is 5.75 Å². The van der Waals surface area contributed by atoms with Crippen LogP contribution < -0.4 is 10.1 Å². The molecule has 2 rings (SSSR count). The molecule has 0 aliphatic carbocycles. The first-order valence-electron chi connectivity index (χ1n) is 5.51. The van der Waals surface area contributed by atoms with Gasteiger partial charge in [-0.15, -0.1) is 13.2 Å². The molecule has 0 unspecified atom stereocenters. The molecule has 0 fully saturated rings. The fourth-order valence-corrected chi connectivity index (χ4v) is 1.48. The Morgan fingerprint density at radius 3 is 2.42 bits per heavy atom. The maximum atomic E-state index is 12.0. The molecule has 0 saturated carbocycles. The molecule has 1 heterocycles. The Balaban J connectivity index is 1.92. The van der Waals surface area contributed by atoms with E-state index < -0.39 is 6.36 Å². The van der Waals surface area contributed by atoms with Gasteiger partial charge < -0.3 is 10.1 Å². The first-order valence-corrected chi connectivity index (χ1v) is 5.51. The van der Waals surface area contributed by atoms with Gasteiger partial charge in [-0.05, 0) is 35.9 Å². The van der Waals surface area contributed by atoms with Gasteiger partial charge in [-0.2, -0.15) is 0 Å². The zero-order valence-corrected chi connectivity index (χ0v) is 9.82. The van der Waals surface area contributed by atoms with Crippen LogP contribution in [0.5, 0.6) is 5.75 Å². The lowest BCUT2D eigenvalue weighted by Crippen LogP contribution is -2.17. The van der Waals surface area contributed by atoms with E-state index in [2.05, 4.69) is 15.0 Å². The number of ether oxygens (including phenoxy) is 1. The molecule has 3 nitrogen and oxygen atoms in total. The van der Waals surface area contributed by atoms with E-state index >= 15 is 0 Å². The number of pyridine rings is 1. The van der Waals surface area contributed by atoms with Crippen molar-refractivity contribution in [1.29, 1.82) is 0 Å². The second-order valence-electron chi connectivity index (χ2n) is 3.79. The number of benzene rings is 1. The van der Waals surface area contributed by atoms with Gasteiger partial charge in [0.15, 0.2) is 0 Å². The van der Waals surface area contributed by atoms with Gasteiger partial charge in [-0.25, -0.2) is 0 Å². The highest BCUT2D eigenvalue weighted by atomic mass is 19.4. The van der Waals surface area contributed by atoms with Crippen LogP contribution >= 0.6 is 0 Å². The molecular formula is C13H11F3N2O. The first-order chi connectivity index (χ1) is 9.03. The summed E-state index contributed by atoms with van der Waals surface area (Å²) in [5.74, 6) is -0.237. The third kappa shape index (κ3) is 4.50. The van der Waals surface area contributed by atoms with Gasteiger partial charge >= 0.3 is 6.36 Å². The van der Waals surface area contributed by atoms with Gasteiger partial charge in [0.25, 0.3) is 0 Å². The molecule has 0 aliphatic rings. The summed E-state index contributed by atoms with van der Waals surface area (Å²) < 4.78 is 39.7. The van der Waals surface area contributed by atoms with Crippen molar-refractivity contribution in [2.45, 2.75) is 12.9 Å². The van der Waals surface area contributed by atoms with Gasteiger partial charge in [-0.1, -0.05) is 6.07 Å². The maximum Gasteiger partial charge on any atom is 0.573 e. The van der Waals surface area contributed by atoms with Crippen molar-refractivity contribution in [2.24, 2.45) is 0 Å². The molecule has 6 heteroatoms. The third-order valence-corrected chi connectivity index (χ3v) is 2.31. The Morgan fingerprint density at radius 2 is 1.84 bits per heavy atom. The number of hydrogen-bond acceptors (Lipinski definition) is 3. The quantitative estimate of drug-likeness (QED) is 0.920. The molecule has 19 heavy (non-hydrogen) atoms. The summed E-state index contributed by atoms with van der Waals surface area (Å²) in [7, 11) is 0. The molecule has 1 aromatic carbocycles. The van der Waals surface area contributed by atoms with E-state index in [9.17, 15) is 13.2 Å². The standard InChI is InChI=1S/C13H11F3N2O/c14-13(15,16)19-12-5-3-11(4-6-12)18-9-10-2-1-7-17-8-10/h1-8,18H,9H2. The molecule has 0 saturated heterocycles. The highest BCUT2D eigenvalue weighted by Crippen LogP contribution is 2.24. The number of nitrogens with one attached hydrogen (secondary N) is 1. The number of alkyl halides is 3. The Labute approximate surface area is 108 Å². The topological polar surface area (TPSA) is 34.1 Å². The average Bonchev–Trinajstić information content (AvgIpc) is 2.37. The van der Waals surface area contributed by atoms with E-state index in [1.807, 2.05) is 12.1 Å². The van der Waals surface area contributed by atoms with Gasteiger partial charge in [0, 0.05) is 24.6 Å². The highest BCUT2D eigenvalue weighted by Gasteiger charge is 2.30. The smallest absolute Gasteiger partial charge is 0.406 e. The summed E-state index contributed by atoms with van der Waals surface area (Å²) in [4.78, 5) is 3.97. The molecule has 0 aliphatic heterocycles. The molecular weight excluding hydrogens is 257 g/mol. The fraction of sp³-hybridized carbons (Fsp3) is 0.154. The van der Waals surface area contributed by atoms with Gasteiger partial charge in [0.2, 0.25) is 0 Å². The molecule has 100 valence electrons. The SMILES string of the molecule is FC(F)(F)Oc1ccc(NCc2cccnc2)cc1. The van der Waals surface area contributed by atoms with Crippen LogP contribution in [0, 0.1) is 0 Å². The monoisotopic (exact) mass is 268 g/mol. The van der Waals surface area contributed by atoms with E-state index in [1.165, 1.54) is 24.3 Å². The van der Waals surface area contributed by atoms with E-state index in [0.717, 1.165) is 5.56 Å². The van der Waals surface area contributed by atoms with E-state index in [1.54, 1.807) is 12.4 Å². The lowest BCUT2D eigenvalue weighted by atomic mass is 10.2. The van der Waals surface area contributed by atoms with Crippen molar-refractivity contribution in [3.63, 3.8) is 0 Å². The second-order valence-corrected chi connectivity index (χ2v) is 3.79. The zero-order valence-electron chi connectivity index (χ0n) is 9.82. The predicted octanol–water partition coefficient (Wildman–Crippen LogP) is 3.59. The van der Waals surface area contributed by atoms with Crippen LogP contribution in [0.15, 0.2) is 48.8 Å². The van der Waals surface area contributed by atoms with Crippen molar-refractivity contribution in [3.05, 3.63) is 54.4 Å². The van der Waals surface area contributed by atoms with E-state index in [0.29, 0.717) is 12.2 Å². The van der Waals surface area contributed by atoms with Crippen molar-refractivity contribution in [2.75, 3.05) is 5.32 Å². The van der Waals surface area contributed by atoms with E-state index in [4.69, 9.17) is 0 Å². The lowest BCUT2D eigenvalue weighted by molar-refractivity contribution is -0.274. The van der Waals surface area contributed by atoms with Crippen LogP contribution in [0.1, 0.15) is 5.56 Å². The number of aromatic nitrogens is 1. The summed E-state index contributed by atoms with van der Waals surface area (Å²) in [6.45, 7) is 0.549. The van der Waals surface area contributed by atoms with Gasteiger partial charge in [-0.3, -0.25) is 4.98 Å². The van der Waals surface area contributed by atoms with Gasteiger partial charge in [0.05, 0.1) is 0 Å². The zero-order chi connectivity index (χ0) is 13.7. The van der Waals surface area contributed by atoms with Crippen LogP contribution in [-0.2, 0) is 6.54 Å². The summed E-state index contributed by atoms with van der Waals surface area (Å²) in [6.07, 6.45) is -1.27. The minimum atomic E-state index is -4.66. The summed E-state index contributed by atoms with van der Waals surface area (Å²) in [6, 6.07) is 9.30. The minimum Gasteiger partial charge on any atom is -0.406 e. The molecule has 0 spiro atoms. The summed E-state index contributed by atoms with van der Waals surface area (Å²) >= 11 is 0. The lowest BCUT2D eigenvalue weighted by Gasteiger charge is -2.10. The van der Waals surface area contributed by atoms with Crippen LogP contribution in [0.4, 0.5) is 18.9 Å². The Morgan fingerprint density at radius 1 is 1.11 bits per heavy atom. The number of hydrogen-bond donors (Lipinski definition) is 1. The predicted molar refractivity (Wildman–Crippen MR) is 64.7 cm³/mol. The number of nitrogens with zero attached hydrogens (tertiary/aromatic N) is 1. The first kappa shape index (κ1) is 13.2. The van der Waals surface area contributed by atoms with Crippen molar-refractivity contribution < 1.29 is 17.9 Å². The number of halogens is 3. The molecule has 0 radical (unpaired) electrons. The second kappa shape index (κ2) is 5.60. The number of anilines is 1. The number of rotatable bonds is 4. The van der Waals surface area contributed by atoms with Crippen LogP contribution in [0.25, 0.3) is 0 Å². The largest absolute Gasteiger partial charge is 0.573 e. The van der Waals surface area contributed by atoms with Crippen molar-refractivity contribution >= 4 is 5.69 Å². The van der Waals surface area contributed by atoms with Gasteiger partial charge in [0.1, 0.15) is 5.75 Å². The van der Waals surface area contributed by atoms with E-state index in [-0.39, 0.29) is 5.75 Å². The minimum absolute atomic E-state index is 0.237. The molecule has 2 aromatic rings. The Bertz CT molecular complexity index is 512. The summed E-state index contributed by atoms with van der Waals surface area (Å²) in [5.41, 5.74) is 1.69. The molecule has 0 atom stereocenters. The molecule has 0 amide bonds. The van der Waals surface area contributed by atoms with Crippen LogP contribution in [0.3, 0.4) is 0 Å². The molecule has 1 aromatic heterocycles. The van der Waals surface area contributed by atoms with Crippen molar-refractivity contribution in [1.82, 2.24) is 4.98 Å². The average molecular weight is 268 g/mol. The highest BCUT2D eigenvalue weighted by molar-refractivity contribution is 5.46. The van der Waals surface area contributed by atoms with Crippen LogP contribution in [-0.4, -0.2) is 11.3 Å². The maximum absolute atomic E-state index is 12.0. The Hall–Kier alpha value is -2.24. The molecule has 1 N–H and O–H groups in total. The normalized spacial score (nSPS) is 11.1.